The average Bonchev–Trinajstić information content (AvgIpc) is 3.72. The summed E-state index contributed by atoms with van der Waals surface area (Å²) < 4.78 is 10.8. The van der Waals surface area contributed by atoms with E-state index in [0.29, 0.717) is 6.54 Å². The van der Waals surface area contributed by atoms with Crippen LogP contribution >= 0.6 is 0 Å². The number of anilines is 1. The van der Waals surface area contributed by atoms with Crippen molar-refractivity contribution in [3.63, 3.8) is 0 Å². The van der Waals surface area contributed by atoms with Crippen molar-refractivity contribution in [2.24, 2.45) is 11.7 Å². The summed E-state index contributed by atoms with van der Waals surface area (Å²) in [5.41, 5.74) is 11.6. The van der Waals surface area contributed by atoms with Gasteiger partial charge in [0.25, 0.3) is 0 Å². The highest BCUT2D eigenvalue weighted by molar-refractivity contribution is 5.97. The summed E-state index contributed by atoms with van der Waals surface area (Å²) in [7, 11) is 3.35. The van der Waals surface area contributed by atoms with Crippen LogP contribution in [0.5, 0.6) is 0 Å². The molecule has 2 N–H and O–H groups in total. The number of ether oxygens (including phenoxy) is 2. The SMILES string of the molecule is CO[C@H](C)c1ccc(-c2ccc(N(C[C@@H](N)[C@@H](C)OC)C(=O)[C@@H]3C[C@H]3c3ccccn3)cc2)cc1. The third-order valence-electron chi connectivity index (χ3n) is 7.06. The maximum atomic E-state index is 13.6. The van der Waals surface area contributed by atoms with Crippen LogP contribution < -0.4 is 10.6 Å². The molecule has 0 saturated heterocycles. The normalized spacial score (nSPS) is 19.6. The number of carbonyl (C=O) groups is 1. The summed E-state index contributed by atoms with van der Waals surface area (Å²) in [6.45, 7) is 4.35. The standard InChI is InChI=1S/C29H35N3O3/c1-19(34-3)21-8-10-22(11-9-21)23-12-14-24(15-13-23)32(18-27(30)20(2)35-4)29(33)26-17-25(26)28-7-5-6-16-31-28/h5-16,19-20,25-27H,17-18,30H2,1-4H3/t19-,20-,25-,26-,27-/m1/s1. The molecule has 0 unspecified atom stereocenters. The average molecular weight is 474 g/mol. The maximum Gasteiger partial charge on any atom is 0.230 e. The summed E-state index contributed by atoms with van der Waals surface area (Å²) in [4.78, 5) is 19.9. The van der Waals surface area contributed by atoms with Crippen LogP contribution in [0.3, 0.4) is 0 Å². The van der Waals surface area contributed by atoms with Gasteiger partial charge >= 0.3 is 0 Å². The number of nitrogens with two attached hydrogens (primary N) is 1. The van der Waals surface area contributed by atoms with Gasteiger partial charge in [-0.1, -0.05) is 42.5 Å². The number of hydrogen-bond donors (Lipinski definition) is 1. The third kappa shape index (κ3) is 5.78. The van der Waals surface area contributed by atoms with Crippen LogP contribution in [-0.2, 0) is 14.3 Å². The first-order valence-electron chi connectivity index (χ1n) is 12.2. The molecule has 1 aliphatic carbocycles. The molecule has 184 valence electrons. The molecule has 0 spiro atoms. The lowest BCUT2D eigenvalue weighted by Gasteiger charge is -2.29. The molecule has 1 heterocycles. The van der Waals surface area contributed by atoms with E-state index in [9.17, 15) is 4.79 Å². The van der Waals surface area contributed by atoms with Crippen molar-refractivity contribution in [1.29, 1.82) is 0 Å². The van der Waals surface area contributed by atoms with Crippen LogP contribution in [0.2, 0.25) is 0 Å². The van der Waals surface area contributed by atoms with Crippen LogP contribution in [0, 0.1) is 5.92 Å². The number of methoxy groups -OCH3 is 2. The Morgan fingerprint density at radius 3 is 2.23 bits per heavy atom. The summed E-state index contributed by atoms with van der Waals surface area (Å²) >= 11 is 0. The Morgan fingerprint density at radius 2 is 1.66 bits per heavy atom. The van der Waals surface area contributed by atoms with Crippen molar-refractivity contribution in [3.05, 3.63) is 84.2 Å². The van der Waals surface area contributed by atoms with E-state index in [1.807, 2.05) is 49.1 Å². The monoisotopic (exact) mass is 473 g/mol. The molecule has 1 amide bonds. The van der Waals surface area contributed by atoms with E-state index in [-0.39, 0.29) is 36.0 Å². The Morgan fingerprint density at radius 1 is 1.00 bits per heavy atom. The summed E-state index contributed by atoms with van der Waals surface area (Å²) in [5.74, 6) is 0.171. The minimum absolute atomic E-state index is 0.0574. The highest BCUT2D eigenvalue weighted by Gasteiger charge is 2.47. The van der Waals surface area contributed by atoms with Gasteiger partial charge in [-0.15, -0.1) is 0 Å². The van der Waals surface area contributed by atoms with E-state index in [1.54, 1.807) is 20.4 Å². The van der Waals surface area contributed by atoms with Crippen molar-refractivity contribution < 1.29 is 14.3 Å². The number of amides is 1. The van der Waals surface area contributed by atoms with Crippen molar-refractivity contribution in [2.75, 3.05) is 25.7 Å². The van der Waals surface area contributed by atoms with Crippen molar-refractivity contribution in [1.82, 2.24) is 4.98 Å². The predicted octanol–water partition coefficient (Wildman–Crippen LogP) is 4.95. The lowest BCUT2D eigenvalue weighted by molar-refractivity contribution is -0.120. The smallest absolute Gasteiger partial charge is 0.230 e. The van der Waals surface area contributed by atoms with Crippen LogP contribution in [0.4, 0.5) is 5.69 Å². The fraction of sp³-hybridized carbons (Fsp3) is 0.379. The van der Waals surface area contributed by atoms with Crippen LogP contribution in [0.1, 0.15) is 43.5 Å². The molecule has 6 heteroatoms. The van der Waals surface area contributed by atoms with Crippen molar-refractivity contribution in [3.8, 4) is 11.1 Å². The number of carbonyl (C=O) groups excluding carboxylic acids is 1. The van der Waals surface area contributed by atoms with Crippen molar-refractivity contribution >= 4 is 11.6 Å². The zero-order valence-corrected chi connectivity index (χ0v) is 20.9. The van der Waals surface area contributed by atoms with Gasteiger partial charge in [0.05, 0.1) is 12.2 Å². The van der Waals surface area contributed by atoms with Gasteiger partial charge in [-0.2, -0.15) is 0 Å². The zero-order valence-electron chi connectivity index (χ0n) is 20.9. The number of benzene rings is 2. The van der Waals surface area contributed by atoms with Crippen LogP contribution in [0.25, 0.3) is 11.1 Å². The van der Waals surface area contributed by atoms with E-state index in [1.165, 1.54) is 0 Å². The van der Waals surface area contributed by atoms with E-state index < -0.39 is 0 Å². The predicted molar refractivity (Wildman–Crippen MR) is 139 cm³/mol. The second-order valence-corrected chi connectivity index (χ2v) is 9.30. The first kappa shape index (κ1) is 25.0. The molecule has 3 aromatic rings. The van der Waals surface area contributed by atoms with Gasteiger partial charge in [0.1, 0.15) is 0 Å². The third-order valence-corrected chi connectivity index (χ3v) is 7.06. The van der Waals surface area contributed by atoms with E-state index in [4.69, 9.17) is 15.2 Å². The largest absolute Gasteiger partial charge is 0.380 e. The number of pyridine rings is 1. The molecule has 1 aromatic heterocycles. The molecule has 0 bridgehead atoms. The topological polar surface area (TPSA) is 77.7 Å². The maximum absolute atomic E-state index is 13.6. The van der Waals surface area contributed by atoms with E-state index in [0.717, 1.165) is 34.5 Å². The molecule has 2 aromatic carbocycles. The van der Waals surface area contributed by atoms with Gasteiger partial charge in [0.2, 0.25) is 5.91 Å². The number of rotatable bonds is 10. The van der Waals surface area contributed by atoms with E-state index >= 15 is 0 Å². The quantitative estimate of drug-likeness (QED) is 0.451. The van der Waals surface area contributed by atoms with Crippen molar-refractivity contribution in [2.45, 2.75) is 44.4 Å². The molecule has 35 heavy (non-hydrogen) atoms. The highest BCUT2D eigenvalue weighted by atomic mass is 16.5. The molecule has 1 fully saturated rings. The Hall–Kier alpha value is -3.06. The lowest BCUT2D eigenvalue weighted by Crippen LogP contribution is -2.47. The number of hydrogen-bond acceptors (Lipinski definition) is 5. The highest BCUT2D eigenvalue weighted by Crippen LogP contribution is 2.48. The van der Waals surface area contributed by atoms with E-state index in [2.05, 4.69) is 41.4 Å². The number of aromatic nitrogens is 1. The molecule has 4 rings (SSSR count). The Kier molecular flexibility index (Phi) is 7.96. The summed E-state index contributed by atoms with van der Waals surface area (Å²) in [6.07, 6.45) is 2.49. The lowest BCUT2D eigenvalue weighted by atomic mass is 10.0. The molecule has 1 saturated carbocycles. The molecular formula is C29H35N3O3. The summed E-state index contributed by atoms with van der Waals surface area (Å²) in [5, 5.41) is 0. The first-order chi connectivity index (χ1) is 16.9. The number of nitrogens with zero attached hydrogens (tertiary/aromatic N) is 2. The fourth-order valence-electron chi connectivity index (χ4n) is 4.36. The Labute approximate surface area is 208 Å². The second-order valence-electron chi connectivity index (χ2n) is 9.30. The van der Waals surface area contributed by atoms with Gasteiger partial charge < -0.3 is 20.1 Å². The molecule has 1 aliphatic rings. The first-order valence-corrected chi connectivity index (χ1v) is 12.2. The minimum atomic E-state index is -0.300. The van der Waals surface area contributed by atoms with Gasteiger partial charge in [-0.25, -0.2) is 0 Å². The molecule has 5 atom stereocenters. The van der Waals surface area contributed by atoms with Gasteiger partial charge in [-0.05, 0) is 61.2 Å². The summed E-state index contributed by atoms with van der Waals surface area (Å²) in [6, 6.07) is 22.0. The van der Waals surface area contributed by atoms with Crippen LogP contribution in [-0.4, -0.2) is 43.8 Å². The Balaban J connectivity index is 1.54. The second kappa shape index (κ2) is 11.1. The molecule has 0 aliphatic heterocycles. The fourth-order valence-corrected chi connectivity index (χ4v) is 4.36. The van der Waals surface area contributed by atoms with Gasteiger partial charge in [-0.3, -0.25) is 9.78 Å². The molecule has 0 radical (unpaired) electrons. The van der Waals surface area contributed by atoms with Gasteiger partial charge in [0.15, 0.2) is 0 Å². The minimum Gasteiger partial charge on any atom is -0.380 e. The zero-order chi connectivity index (χ0) is 24.9. The Bertz CT molecular complexity index is 1100. The van der Waals surface area contributed by atoms with Crippen LogP contribution in [0.15, 0.2) is 72.9 Å². The molecule has 6 nitrogen and oxygen atoms in total. The molecular weight excluding hydrogens is 438 g/mol. The van der Waals surface area contributed by atoms with Gasteiger partial charge in [0, 0.05) is 56.2 Å².